The van der Waals surface area contributed by atoms with Crippen molar-refractivity contribution in [3.63, 3.8) is 0 Å². The Morgan fingerprint density at radius 1 is 1.40 bits per heavy atom. The molecule has 0 saturated carbocycles. The number of nitrogens with two attached hydrogens (primary N) is 1. The van der Waals surface area contributed by atoms with Crippen molar-refractivity contribution < 1.29 is 0 Å². The van der Waals surface area contributed by atoms with E-state index >= 15 is 0 Å². The average molecular weight is 212 g/mol. The molecule has 2 heteroatoms. The van der Waals surface area contributed by atoms with Crippen LogP contribution in [0.4, 0.5) is 0 Å². The number of rotatable bonds is 4. The van der Waals surface area contributed by atoms with Crippen molar-refractivity contribution in [2.24, 2.45) is 23.0 Å². The van der Waals surface area contributed by atoms with Crippen LogP contribution in [0, 0.1) is 17.3 Å². The smallest absolute Gasteiger partial charge is 0.00220 e. The van der Waals surface area contributed by atoms with Crippen molar-refractivity contribution >= 4 is 0 Å². The fourth-order valence-corrected chi connectivity index (χ4v) is 2.65. The highest BCUT2D eigenvalue weighted by atomic mass is 15.1. The number of hydrogen-bond donors (Lipinski definition) is 1. The number of hydrogen-bond acceptors (Lipinski definition) is 2. The Balaban J connectivity index is 2.33. The van der Waals surface area contributed by atoms with Gasteiger partial charge in [-0.3, -0.25) is 0 Å². The summed E-state index contributed by atoms with van der Waals surface area (Å²) in [5.41, 5.74) is 6.28. The summed E-state index contributed by atoms with van der Waals surface area (Å²) in [6.07, 6.45) is 2.61. The third-order valence-corrected chi connectivity index (χ3v) is 3.26. The van der Waals surface area contributed by atoms with Crippen LogP contribution < -0.4 is 5.73 Å². The first-order valence-corrected chi connectivity index (χ1v) is 6.33. The molecule has 2 N–H and O–H groups in total. The largest absolute Gasteiger partial charge is 0.330 e. The molecule has 0 aromatic carbocycles. The molecule has 0 amide bonds. The van der Waals surface area contributed by atoms with Gasteiger partial charge in [-0.1, -0.05) is 27.7 Å². The average Bonchev–Trinajstić information content (AvgIpc) is 2.47. The van der Waals surface area contributed by atoms with E-state index in [2.05, 4.69) is 32.6 Å². The van der Waals surface area contributed by atoms with Gasteiger partial charge in [0, 0.05) is 13.1 Å². The van der Waals surface area contributed by atoms with E-state index in [1.165, 1.54) is 32.5 Å². The molecule has 0 aromatic rings. The van der Waals surface area contributed by atoms with Crippen LogP contribution in [0.25, 0.3) is 0 Å². The molecule has 0 aromatic heterocycles. The predicted molar refractivity (Wildman–Crippen MR) is 66.8 cm³/mol. The molecule has 1 heterocycles. The zero-order valence-electron chi connectivity index (χ0n) is 10.9. The molecule has 2 nitrogen and oxygen atoms in total. The standard InChI is InChI=1S/C13H28N2/c1-11-5-6-15(9-11)10-12(8-14)7-13(2,3)4/h11-12H,5-10,14H2,1-4H3. The third kappa shape index (κ3) is 4.98. The lowest BCUT2D eigenvalue weighted by Gasteiger charge is -2.28. The Kier molecular flexibility index (Phi) is 4.60. The van der Waals surface area contributed by atoms with Crippen LogP contribution in [0.2, 0.25) is 0 Å². The van der Waals surface area contributed by atoms with Gasteiger partial charge < -0.3 is 10.6 Å². The molecule has 90 valence electrons. The molecule has 0 radical (unpaired) electrons. The van der Waals surface area contributed by atoms with Crippen LogP contribution in [-0.4, -0.2) is 31.1 Å². The molecule has 15 heavy (non-hydrogen) atoms. The second-order valence-electron chi connectivity index (χ2n) is 6.52. The molecule has 0 bridgehead atoms. The van der Waals surface area contributed by atoms with Gasteiger partial charge in [-0.05, 0) is 43.2 Å². The summed E-state index contributed by atoms with van der Waals surface area (Å²) in [4.78, 5) is 2.59. The van der Waals surface area contributed by atoms with E-state index in [4.69, 9.17) is 5.73 Å². The lowest BCUT2D eigenvalue weighted by atomic mass is 9.84. The van der Waals surface area contributed by atoms with Gasteiger partial charge in [0.15, 0.2) is 0 Å². The highest BCUT2D eigenvalue weighted by molar-refractivity contribution is 4.78. The Morgan fingerprint density at radius 3 is 2.47 bits per heavy atom. The summed E-state index contributed by atoms with van der Waals surface area (Å²) in [6, 6.07) is 0. The van der Waals surface area contributed by atoms with Crippen molar-refractivity contribution in [2.45, 2.75) is 40.5 Å². The molecule has 1 rings (SSSR count). The van der Waals surface area contributed by atoms with E-state index in [1.54, 1.807) is 0 Å². The number of likely N-dealkylation sites (tertiary alicyclic amines) is 1. The monoisotopic (exact) mass is 212 g/mol. The molecule has 0 aliphatic carbocycles. The van der Waals surface area contributed by atoms with Crippen molar-refractivity contribution in [1.29, 1.82) is 0 Å². The van der Waals surface area contributed by atoms with Crippen LogP contribution >= 0.6 is 0 Å². The zero-order chi connectivity index (χ0) is 11.5. The van der Waals surface area contributed by atoms with Crippen LogP contribution in [0.15, 0.2) is 0 Å². The van der Waals surface area contributed by atoms with Gasteiger partial charge in [0.05, 0.1) is 0 Å². The highest BCUT2D eigenvalue weighted by Gasteiger charge is 2.24. The maximum absolute atomic E-state index is 5.87. The first kappa shape index (κ1) is 13.0. The summed E-state index contributed by atoms with van der Waals surface area (Å²) < 4.78 is 0. The summed E-state index contributed by atoms with van der Waals surface area (Å²) in [7, 11) is 0. The lowest BCUT2D eigenvalue weighted by Crippen LogP contribution is -2.33. The van der Waals surface area contributed by atoms with Crippen molar-refractivity contribution in [2.75, 3.05) is 26.2 Å². The Morgan fingerprint density at radius 2 is 2.07 bits per heavy atom. The van der Waals surface area contributed by atoms with E-state index in [9.17, 15) is 0 Å². The quantitative estimate of drug-likeness (QED) is 0.775. The molecule has 2 atom stereocenters. The molecular weight excluding hydrogens is 184 g/mol. The lowest BCUT2D eigenvalue weighted by molar-refractivity contribution is 0.217. The first-order valence-electron chi connectivity index (χ1n) is 6.33. The van der Waals surface area contributed by atoms with Crippen LogP contribution in [0.3, 0.4) is 0 Å². The Hall–Kier alpha value is -0.0800. The van der Waals surface area contributed by atoms with E-state index < -0.39 is 0 Å². The zero-order valence-corrected chi connectivity index (χ0v) is 10.9. The number of nitrogens with zero attached hydrogens (tertiary/aromatic N) is 1. The van der Waals surface area contributed by atoms with Crippen LogP contribution in [-0.2, 0) is 0 Å². The minimum atomic E-state index is 0.412. The molecular formula is C13H28N2. The topological polar surface area (TPSA) is 29.3 Å². The normalized spacial score (nSPS) is 25.8. The Labute approximate surface area is 95.2 Å². The predicted octanol–water partition coefficient (Wildman–Crippen LogP) is 2.34. The van der Waals surface area contributed by atoms with E-state index in [1.807, 2.05) is 0 Å². The van der Waals surface area contributed by atoms with E-state index in [0.717, 1.165) is 12.5 Å². The van der Waals surface area contributed by atoms with E-state index in [-0.39, 0.29) is 0 Å². The highest BCUT2D eigenvalue weighted by Crippen LogP contribution is 2.26. The van der Waals surface area contributed by atoms with Gasteiger partial charge in [-0.2, -0.15) is 0 Å². The summed E-state index contributed by atoms with van der Waals surface area (Å²) >= 11 is 0. The maximum atomic E-state index is 5.87. The van der Waals surface area contributed by atoms with Crippen LogP contribution in [0.1, 0.15) is 40.5 Å². The SMILES string of the molecule is CC1CCN(CC(CN)CC(C)(C)C)C1. The van der Waals surface area contributed by atoms with Gasteiger partial charge in [-0.15, -0.1) is 0 Å². The maximum Gasteiger partial charge on any atom is 0.00220 e. The van der Waals surface area contributed by atoms with Crippen molar-refractivity contribution in [3.05, 3.63) is 0 Å². The van der Waals surface area contributed by atoms with Gasteiger partial charge in [0.2, 0.25) is 0 Å². The van der Waals surface area contributed by atoms with Gasteiger partial charge in [0.25, 0.3) is 0 Å². The minimum absolute atomic E-state index is 0.412. The van der Waals surface area contributed by atoms with Gasteiger partial charge in [0.1, 0.15) is 0 Å². The molecule has 1 saturated heterocycles. The van der Waals surface area contributed by atoms with Crippen molar-refractivity contribution in [1.82, 2.24) is 4.90 Å². The molecule has 1 aliphatic heterocycles. The molecule has 1 aliphatic rings. The van der Waals surface area contributed by atoms with E-state index in [0.29, 0.717) is 11.3 Å². The summed E-state index contributed by atoms with van der Waals surface area (Å²) in [5, 5.41) is 0. The fourth-order valence-electron chi connectivity index (χ4n) is 2.65. The summed E-state index contributed by atoms with van der Waals surface area (Å²) in [5.74, 6) is 1.56. The second-order valence-corrected chi connectivity index (χ2v) is 6.52. The second kappa shape index (κ2) is 5.31. The fraction of sp³-hybridized carbons (Fsp3) is 1.00. The Bertz CT molecular complexity index is 183. The third-order valence-electron chi connectivity index (χ3n) is 3.26. The molecule has 1 fully saturated rings. The molecule has 2 unspecified atom stereocenters. The van der Waals surface area contributed by atoms with Crippen LogP contribution in [0.5, 0.6) is 0 Å². The first-order chi connectivity index (χ1) is 6.90. The van der Waals surface area contributed by atoms with Gasteiger partial charge >= 0.3 is 0 Å². The van der Waals surface area contributed by atoms with Crippen molar-refractivity contribution in [3.8, 4) is 0 Å². The molecule has 0 spiro atoms. The van der Waals surface area contributed by atoms with Gasteiger partial charge in [-0.25, -0.2) is 0 Å². The minimum Gasteiger partial charge on any atom is -0.330 e. The summed E-state index contributed by atoms with van der Waals surface area (Å²) in [6.45, 7) is 13.9.